The highest BCUT2D eigenvalue weighted by Gasteiger charge is 2.24. The second-order valence-corrected chi connectivity index (χ2v) is 6.23. The first-order chi connectivity index (χ1) is 12.1. The Labute approximate surface area is 147 Å². The van der Waals surface area contributed by atoms with Gasteiger partial charge in [-0.25, -0.2) is 9.97 Å². The number of carbonyl (C=O) groups is 2. The number of hydrogen-bond donors (Lipinski definition) is 1. The fourth-order valence-corrected chi connectivity index (χ4v) is 2.79. The molecule has 130 valence electrons. The minimum Gasteiger partial charge on any atom is -0.352 e. The zero-order chi connectivity index (χ0) is 17.8. The fraction of sp³-hybridized carbons (Fsp3) is 0.368. The van der Waals surface area contributed by atoms with E-state index in [0.717, 1.165) is 29.1 Å². The van der Waals surface area contributed by atoms with Crippen molar-refractivity contribution < 1.29 is 9.59 Å². The third kappa shape index (κ3) is 4.02. The predicted molar refractivity (Wildman–Crippen MR) is 93.8 cm³/mol. The monoisotopic (exact) mass is 338 g/mol. The molecule has 0 fully saturated rings. The van der Waals surface area contributed by atoms with Crippen LogP contribution in [0.4, 0.5) is 0 Å². The molecule has 0 radical (unpaired) electrons. The van der Waals surface area contributed by atoms with E-state index in [0.29, 0.717) is 25.2 Å². The first kappa shape index (κ1) is 17.1. The van der Waals surface area contributed by atoms with Gasteiger partial charge in [-0.15, -0.1) is 0 Å². The topological polar surface area (TPSA) is 75.2 Å². The highest BCUT2D eigenvalue weighted by molar-refractivity contribution is 5.94. The summed E-state index contributed by atoms with van der Waals surface area (Å²) < 4.78 is 0. The lowest BCUT2D eigenvalue weighted by Gasteiger charge is -2.15. The Morgan fingerprint density at radius 2 is 1.96 bits per heavy atom. The van der Waals surface area contributed by atoms with Gasteiger partial charge in [0.1, 0.15) is 5.82 Å². The van der Waals surface area contributed by atoms with Crippen molar-refractivity contribution >= 4 is 11.8 Å². The molecular weight excluding hydrogens is 316 g/mol. The number of amides is 2. The molecule has 2 aromatic rings. The van der Waals surface area contributed by atoms with E-state index in [9.17, 15) is 9.59 Å². The maximum absolute atomic E-state index is 12.4. The molecule has 0 bridgehead atoms. The quantitative estimate of drug-likeness (QED) is 0.905. The normalized spacial score (nSPS) is 12.8. The van der Waals surface area contributed by atoms with Gasteiger partial charge >= 0.3 is 0 Å². The third-order valence-corrected chi connectivity index (χ3v) is 4.31. The number of fused-ring (bicyclic) bond motifs is 1. The van der Waals surface area contributed by atoms with Crippen LogP contribution in [0.1, 0.15) is 46.3 Å². The smallest absolute Gasteiger partial charge is 0.251 e. The van der Waals surface area contributed by atoms with E-state index in [1.165, 1.54) is 0 Å². The number of aromatic nitrogens is 2. The third-order valence-electron chi connectivity index (χ3n) is 4.31. The van der Waals surface area contributed by atoms with Crippen molar-refractivity contribution in [1.29, 1.82) is 0 Å². The summed E-state index contributed by atoms with van der Waals surface area (Å²) in [6.45, 7) is 5.38. The van der Waals surface area contributed by atoms with Gasteiger partial charge in [0.05, 0.1) is 12.2 Å². The molecule has 2 heterocycles. The van der Waals surface area contributed by atoms with E-state index in [2.05, 4.69) is 15.3 Å². The van der Waals surface area contributed by atoms with Gasteiger partial charge in [0, 0.05) is 43.3 Å². The van der Waals surface area contributed by atoms with Gasteiger partial charge in [-0.1, -0.05) is 24.6 Å². The molecule has 2 amide bonds. The van der Waals surface area contributed by atoms with Gasteiger partial charge in [0.15, 0.2) is 0 Å². The van der Waals surface area contributed by atoms with Crippen molar-refractivity contribution in [2.24, 2.45) is 0 Å². The lowest BCUT2D eigenvalue weighted by molar-refractivity contribution is -0.131. The van der Waals surface area contributed by atoms with Gasteiger partial charge in [-0.05, 0) is 19.1 Å². The molecule has 6 heteroatoms. The number of benzene rings is 1. The van der Waals surface area contributed by atoms with Gasteiger partial charge in [-0.2, -0.15) is 0 Å². The second-order valence-electron chi connectivity index (χ2n) is 6.23. The summed E-state index contributed by atoms with van der Waals surface area (Å²) in [5.74, 6) is 0.662. The van der Waals surface area contributed by atoms with Crippen LogP contribution in [-0.2, 0) is 24.3 Å². The van der Waals surface area contributed by atoms with Crippen molar-refractivity contribution in [2.45, 2.75) is 39.8 Å². The lowest BCUT2D eigenvalue weighted by Crippen LogP contribution is -2.31. The summed E-state index contributed by atoms with van der Waals surface area (Å²) in [5.41, 5.74) is 3.65. The van der Waals surface area contributed by atoms with Gasteiger partial charge < -0.3 is 10.2 Å². The minimum atomic E-state index is -0.157. The second kappa shape index (κ2) is 7.42. The number of hydrogen-bond acceptors (Lipinski definition) is 4. The van der Waals surface area contributed by atoms with Gasteiger partial charge in [0.25, 0.3) is 5.91 Å². The molecular formula is C19H22N4O2. The van der Waals surface area contributed by atoms with Crippen molar-refractivity contribution in [1.82, 2.24) is 20.2 Å². The predicted octanol–water partition coefficient (Wildman–Crippen LogP) is 2.01. The van der Waals surface area contributed by atoms with E-state index in [1.54, 1.807) is 17.0 Å². The summed E-state index contributed by atoms with van der Waals surface area (Å²) in [6, 6.07) is 7.36. The first-order valence-electron chi connectivity index (χ1n) is 8.53. The average molecular weight is 338 g/mol. The molecule has 0 aliphatic carbocycles. The first-order valence-corrected chi connectivity index (χ1v) is 8.53. The van der Waals surface area contributed by atoms with Gasteiger partial charge in [-0.3, -0.25) is 9.59 Å². The molecule has 1 aliphatic heterocycles. The van der Waals surface area contributed by atoms with E-state index < -0.39 is 0 Å². The summed E-state index contributed by atoms with van der Waals surface area (Å²) in [5, 5.41) is 2.80. The van der Waals surface area contributed by atoms with E-state index >= 15 is 0 Å². The molecule has 0 atom stereocenters. The van der Waals surface area contributed by atoms with Crippen LogP contribution in [0, 0.1) is 6.92 Å². The van der Waals surface area contributed by atoms with Gasteiger partial charge in [0.2, 0.25) is 5.91 Å². The van der Waals surface area contributed by atoms with E-state index in [1.807, 2.05) is 32.2 Å². The number of rotatable bonds is 5. The molecule has 25 heavy (non-hydrogen) atoms. The van der Waals surface area contributed by atoms with Crippen LogP contribution < -0.4 is 5.32 Å². The Bertz CT molecular complexity index is 787. The SMILES string of the molecule is CCc1ncc2c(n1)CN(C(=O)CCNC(=O)c1ccc(C)cc1)C2. The maximum atomic E-state index is 12.4. The molecule has 1 aromatic carbocycles. The van der Waals surface area contributed by atoms with Crippen LogP contribution in [0.25, 0.3) is 0 Å². The largest absolute Gasteiger partial charge is 0.352 e. The van der Waals surface area contributed by atoms with Crippen LogP contribution in [0.15, 0.2) is 30.5 Å². The highest BCUT2D eigenvalue weighted by Crippen LogP contribution is 2.20. The summed E-state index contributed by atoms with van der Waals surface area (Å²) in [7, 11) is 0. The van der Waals surface area contributed by atoms with Crippen LogP contribution in [0.2, 0.25) is 0 Å². The Kier molecular flexibility index (Phi) is 5.07. The zero-order valence-corrected chi connectivity index (χ0v) is 14.6. The van der Waals surface area contributed by atoms with Crippen molar-refractivity contribution in [3.05, 3.63) is 58.7 Å². The molecule has 0 saturated carbocycles. The van der Waals surface area contributed by atoms with Crippen LogP contribution in [0.3, 0.4) is 0 Å². The summed E-state index contributed by atoms with van der Waals surface area (Å²) >= 11 is 0. The molecule has 0 spiro atoms. The molecule has 3 rings (SSSR count). The number of nitrogens with one attached hydrogen (secondary N) is 1. The van der Waals surface area contributed by atoms with Crippen molar-refractivity contribution in [3.8, 4) is 0 Å². The average Bonchev–Trinajstić information content (AvgIpc) is 3.05. The summed E-state index contributed by atoms with van der Waals surface area (Å²) in [6.07, 6.45) is 2.87. The van der Waals surface area contributed by atoms with E-state index in [4.69, 9.17) is 0 Å². The lowest BCUT2D eigenvalue weighted by atomic mass is 10.1. The number of nitrogens with zero attached hydrogens (tertiary/aromatic N) is 3. The molecule has 1 N–H and O–H groups in total. The Hall–Kier alpha value is -2.76. The van der Waals surface area contributed by atoms with Crippen molar-refractivity contribution in [2.75, 3.05) is 6.54 Å². The highest BCUT2D eigenvalue weighted by atomic mass is 16.2. The molecule has 0 unspecified atom stereocenters. The fourth-order valence-electron chi connectivity index (χ4n) is 2.79. The number of aryl methyl sites for hydroxylation is 2. The molecule has 1 aromatic heterocycles. The maximum Gasteiger partial charge on any atom is 0.251 e. The zero-order valence-electron chi connectivity index (χ0n) is 14.6. The Morgan fingerprint density at radius 1 is 1.20 bits per heavy atom. The standard InChI is InChI=1S/C19H22N4O2/c1-3-17-21-10-15-11-23(12-16(15)22-17)18(24)8-9-20-19(25)14-6-4-13(2)5-7-14/h4-7,10H,3,8-9,11-12H2,1-2H3,(H,20,25). The number of carbonyl (C=O) groups excluding carboxylic acids is 2. The van der Waals surface area contributed by atoms with Crippen LogP contribution >= 0.6 is 0 Å². The van der Waals surface area contributed by atoms with Crippen LogP contribution in [-0.4, -0.2) is 33.2 Å². The molecule has 6 nitrogen and oxygen atoms in total. The van der Waals surface area contributed by atoms with Crippen LogP contribution in [0.5, 0.6) is 0 Å². The Balaban J connectivity index is 1.49. The molecule has 0 saturated heterocycles. The minimum absolute atomic E-state index is 0.0141. The van der Waals surface area contributed by atoms with Crippen molar-refractivity contribution in [3.63, 3.8) is 0 Å². The Morgan fingerprint density at radius 3 is 2.68 bits per heavy atom. The van der Waals surface area contributed by atoms with E-state index in [-0.39, 0.29) is 18.2 Å². The molecule has 1 aliphatic rings. The summed E-state index contributed by atoms with van der Waals surface area (Å²) in [4.78, 5) is 34.9.